The first-order valence-electron chi connectivity index (χ1n) is 8.15. The average Bonchev–Trinajstić information content (AvgIpc) is 3.09. The van der Waals surface area contributed by atoms with Crippen molar-refractivity contribution in [3.8, 4) is 5.75 Å². The minimum absolute atomic E-state index is 0.160. The topological polar surface area (TPSA) is 60.3 Å². The molecule has 3 aromatic rings. The molecule has 0 radical (unpaired) electrons. The molecule has 2 heterocycles. The zero-order valence-corrected chi connectivity index (χ0v) is 16.3. The number of amides is 1. The van der Waals surface area contributed by atoms with E-state index in [0.29, 0.717) is 38.9 Å². The molecule has 0 atom stereocenters. The van der Waals surface area contributed by atoms with Crippen LogP contribution in [0.15, 0.2) is 53.7 Å². The number of carbonyl (C=O) groups is 1. The number of benzene rings is 2. The van der Waals surface area contributed by atoms with Crippen LogP contribution >= 0.6 is 35.0 Å². The third-order valence-corrected chi connectivity index (χ3v) is 5.29. The maximum Gasteiger partial charge on any atom is 0.272 e. The van der Waals surface area contributed by atoms with Gasteiger partial charge in [-0.3, -0.25) is 4.79 Å². The standard InChI is InChI=1S/C18H14Cl2N4O2S/c19-13-4-1-3-12(9-13)17(25)23-7-8-27-18-22-21-16(24(18)23)11-26-15-6-2-5-14(20)10-15/h1-6,9-10H,7-8,11H2. The van der Waals surface area contributed by atoms with Crippen LogP contribution in [0.3, 0.4) is 0 Å². The summed E-state index contributed by atoms with van der Waals surface area (Å²) >= 11 is 13.6. The summed E-state index contributed by atoms with van der Waals surface area (Å²) in [5.74, 6) is 1.73. The van der Waals surface area contributed by atoms with Gasteiger partial charge in [0.1, 0.15) is 12.4 Å². The Labute approximate surface area is 170 Å². The van der Waals surface area contributed by atoms with E-state index in [0.717, 1.165) is 5.75 Å². The summed E-state index contributed by atoms with van der Waals surface area (Å²) in [7, 11) is 0. The van der Waals surface area contributed by atoms with E-state index < -0.39 is 0 Å². The molecule has 0 saturated heterocycles. The number of hydrogen-bond donors (Lipinski definition) is 0. The zero-order chi connectivity index (χ0) is 18.8. The fourth-order valence-electron chi connectivity index (χ4n) is 2.71. The maximum absolute atomic E-state index is 13.0. The van der Waals surface area contributed by atoms with Gasteiger partial charge in [-0.1, -0.05) is 47.1 Å². The van der Waals surface area contributed by atoms with E-state index in [1.807, 2.05) is 12.1 Å². The summed E-state index contributed by atoms with van der Waals surface area (Å²) in [5.41, 5.74) is 0.510. The number of hydrogen-bond acceptors (Lipinski definition) is 5. The second-order valence-electron chi connectivity index (χ2n) is 5.74. The smallest absolute Gasteiger partial charge is 0.272 e. The van der Waals surface area contributed by atoms with Crippen LogP contribution in [0.2, 0.25) is 10.0 Å². The molecule has 1 aliphatic heterocycles. The van der Waals surface area contributed by atoms with Crippen LogP contribution in [0, 0.1) is 0 Å². The molecule has 6 nitrogen and oxygen atoms in total. The molecule has 138 valence electrons. The highest BCUT2D eigenvalue weighted by atomic mass is 35.5. The molecule has 27 heavy (non-hydrogen) atoms. The van der Waals surface area contributed by atoms with Gasteiger partial charge in [0, 0.05) is 21.4 Å². The van der Waals surface area contributed by atoms with Gasteiger partial charge in [0.05, 0.1) is 6.54 Å². The number of halogens is 2. The molecule has 0 N–H and O–H groups in total. The van der Waals surface area contributed by atoms with E-state index in [9.17, 15) is 4.79 Å². The zero-order valence-electron chi connectivity index (χ0n) is 14.0. The van der Waals surface area contributed by atoms with Crippen LogP contribution in [0.1, 0.15) is 16.2 Å². The Balaban J connectivity index is 1.60. The molecule has 9 heteroatoms. The van der Waals surface area contributed by atoms with Crippen LogP contribution in [0.5, 0.6) is 5.75 Å². The number of aromatic nitrogens is 3. The third-order valence-electron chi connectivity index (χ3n) is 3.92. The highest BCUT2D eigenvalue weighted by Gasteiger charge is 2.28. The van der Waals surface area contributed by atoms with Crippen LogP contribution in [-0.2, 0) is 6.61 Å². The van der Waals surface area contributed by atoms with E-state index in [-0.39, 0.29) is 12.5 Å². The molecule has 0 saturated carbocycles. The largest absolute Gasteiger partial charge is 0.485 e. The van der Waals surface area contributed by atoms with Crippen LogP contribution in [0.25, 0.3) is 0 Å². The van der Waals surface area contributed by atoms with Crippen molar-refractivity contribution in [1.82, 2.24) is 14.9 Å². The average molecular weight is 421 g/mol. The van der Waals surface area contributed by atoms with Crippen LogP contribution in [-0.4, -0.2) is 33.1 Å². The summed E-state index contributed by atoms with van der Waals surface area (Å²) in [6, 6.07) is 14.0. The fourth-order valence-corrected chi connectivity index (χ4v) is 3.95. The van der Waals surface area contributed by atoms with Crippen molar-refractivity contribution in [3.63, 3.8) is 0 Å². The number of rotatable bonds is 4. The highest BCUT2D eigenvalue weighted by molar-refractivity contribution is 7.99. The molecule has 1 amide bonds. The second kappa shape index (κ2) is 7.80. The Bertz CT molecular complexity index is 995. The van der Waals surface area contributed by atoms with Crippen molar-refractivity contribution in [2.24, 2.45) is 0 Å². The summed E-state index contributed by atoms with van der Waals surface area (Å²) in [4.78, 5) is 13.0. The van der Waals surface area contributed by atoms with Crippen molar-refractivity contribution in [1.29, 1.82) is 0 Å². The Morgan fingerprint density at radius 2 is 1.89 bits per heavy atom. The lowest BCUT2D eigenvalue weighted by Crippen LogP contribution is -2.45. The Hall–Kier alpha value is -2.22. The molecule has 1 aliphatic rings. The van der Waals surface area contributed by atoms with Gasteiger partial charge < -0.3 is 4.74 Å². The minimum Gasteiger partial charge on any atom is -0.485 e. The number of carbonyl (C=O) groups excluding carboxylic acids is 1. The normalized spacial score (nSPS) is 13.3. The number of fused-ring (bicyclic) bond motifs is 1. The first-order valence-corrected chi connectivity index (χ1v) is 9.89. The predicted molar refractivity (Wildman–Crippen MR) is 105 cm³/mol. The molecule has 0 fully saturated rings. The van der Waals surface area contributed by atoms with Crippen molar-refractivity contribution >= 4 is 40.9 Å². The van der Waals surface area contributed by atoms with E-state index in [1.54, 1.807) is 57.8 Å². The fraction of sp³-hybridized carbons (Fsp3) is 0.167. The molecule has 0 spiro atoms. The molecular formula is C18H14Cl2N4O2S. The van der Waals surface area contributed by atoms with E-state index in [4.69, 9.17) is 27.9 Å². The van der Waals surface area contributed by atoms with Crippen LogP contribution < -0.4 is 9.75 Å². The van der Waals surface area contributed by atoms with Crippen molar-refractivity contribution in [2.45, 2.75) is 11.8 Å². The van der Waals surface area contributed by atoms with Crippen molar-refractivity contribution in [2.75, 3.05) is 17.3 Å². The SMILES string of the molecule is O=C(c1cccc(Cl)c1)N1CCSc2nnc(COc3cccc(Cl)c3)n21. The van der Waals surface area contributed by atoms with Gasteiger partial charge in [0.2, 0.25) is 5.16 Å². The molecular weight excluding hydrogens is 407 g/mol. The van der Waals surface area contributed by atoms with Crippen LogP contribution in [0.4, 0.5) is 0 Å². The summed E-state index contributed by atoms with van der Waals surface area (Å²) < 4.78 is 7.48. The summed E-state index contributed by atoms with van der Waals surface area (Å²) in [5, 5.41) is 11.7. The van der Waals surface area contributed by atoms with Gasteiger partial charge >= 0.3 is 0 Å². The molecule has 4 rings (SSSR count). The molecule has 0 aliphatic carbocycles. The lowest BCUT2D eigenvalue weighted by atomic mass is 10.2. The molecule has 2 aromatic carbocycles. The Morgan fingerprint density at radius 3 is 2.67 bits per heavy atom. The first-order chi connectivity index (χ1) is 13.1. The number of nitrogens with zero attached hydrogens (tertiary/aromatic N) is 4. The molecule has 1 aromatic heterocycles. The third kappa shape index (κ3) is 3.90. The minimum atomic E-state index is -0.164. The molecule has 0 bridgehead atoms. The van der Waals surface area contributed by atoms with Gasteiger partial charge in [-0.05, 0) is 36.4 Å². The quantitative estimate of drug-likeness (QED) is 0.636. The van der Waals surface area contributed by atoms with Crippen molar-refractivity contribution < 1.29 is 9.53 Å². The Morgan fingerprint density at radius 1 is 1.11 bits per heavy atom. The number of thioether (sulfide) groups is 1. The lowest BCUT2D eigenvalue weighted by molar-refractivity contribution is 0.0953. The van der Waals surface area contributed by atoms with Gasteiger partial charge in [0.25, 0.3) is 5.91 Å². The van der Waals surface area contributed by atoms with Gasteiger partial charge in [-0.2, -0.15) is 0 Å². The van der Waals surface area contributed by atoms with Gasteiger partial charge in [-0.15, -0.1) is 10.2 Å². The van der Waals surface area contributed by atoms with E-state index >= 15 is 0 Å². The maximum atomic E-state index is 13.0. The summed E-state index contributed by atoms with van der Waals surface area (Å²) in [6.45, 7) is 0.693. The monoisotopic (exact) mass is 420 g/mol. The van der Waals surface area contributed by atoms with Gasteiger partial charge in [0.15, 0.2) is 5.82 Å². The summed E-state index contributed by atoms with van der Waals surface area (Å²) in [6.07, 6.45) is 0. The van der Waals surface area contributed by atoms with E-state index in [2.05, 4.69) is 10.2 Å². The predicted octanol–water partition coefficient (Wildman–Crippen LogP) is 4.05. The number of ether oxygens (including phenoxy) is 1. The Kier molecular flexibility index (Phi) is 5.24. The molecule has 0 unspecified atom stereocenters. The van der Waals surface area contributed by atoms with E-state index in [1.165, 1.54) is 0 Å². The van der Waals surface area contributed by atoms with Gasteiger partial charge in [-0.25, -0.2) is 9.69 Å². The van der Waals surface area contributed by atoms with Crippen molar-refractivity contribution in [3.05, 3.63) is 70.0 Å². The lowest BCUT2D eigenvalue weighted by Gasteiger charge is -2.29. The first kappa shape index (κ1) is 18.2. The second-order valence-corrected chi connectivity index (χ2v) is 7.68. The highest BCUT2D eigenvalue weighted by Crippen LogP contribution is 2.25.